The van der Waals surface area contributed by atoms with E-state index in [-0.39, 0.29) is 36.2 Å². The van der Waals surface area contributed by atoms with E-state index in [0.717, 1.165) is 30.5 Å². The molecule has 1 N–H and O–H groups in total. The molecule has 3 unspecified atom stereocenters. The maximum Gasteiger partial charge on any atom is 0.263 e. The monoisotopic (exact) mass is 426 g/mol. The molecule has 1 fully saturated rings. The van der Waals surface area contributed by atoms with Crippen molar-refractivity contribution in [2.75, 3.05) is 11.4 Å². The number of ether oxygens (including phenoxy) is 1. The summed E-state index contributed by atoms with van der Waals surface area (Å²) in [5.74, 6) is 0.416. The maximum atomic E-state index is 13.4. The van der Waals surface area contributed by atoms with E-state index in [2.05, 4.69) is 5.32 Å². The quantitative estimate of drug-likeness (QED) is 0.737. The van der Waals surface area contributed by atoms with Crippen molar-refractivity contribution in [1.82, 2.24) is 5.32 Å². The van der Waals surface area contributed by atoms with Crippen molar-refractivity contribution in [3.63, 3.8) is 0 Å². The highest BCUT2D eigenvalue weighted by Gasteiger charge is 2.48. The Morgan fingerprint density at radius 2 is 1.83 bits per heavy atom. The fraction of sp³-hybridized carbons (Fsp3) is 0.417. The first-order chi connectivity index (χ1) is 14.5. The summed E-state index contributed by atoms with van der Waals surface area (Å²) in [5.41, 5.74) is 1.74. The third-order valence-electron chi connectivity index (χ3n) is 6.08. The van der Waals surface area contributed by atoms with Crippen molar-refractivity contribution in [3.05, 3.63) is 59.1 Å². The zero-order chi connectivity index (χ0) is 21.3. The largest absolute Gasteiger partial charge is 0.477 e. The Kier molecular flexibility index (Phi) is 6.00. The van der Waals surface area contributed by atoms with Crippen LogP contribution < -0.4 is 15.0 Å². The van der Waals surface area contributed by atoms with Crippen LogP contribution in [0.5, 0.6) is 5.75 Å². The zero-order valence-electron chi connectivity index (χ0n) is 17.3. The van der Waals surface area contributed by atoms with Crippen LogP contribution in [-0.2, 0) is 9.59 Å². The molecule has 5 nitrogen and oxygen atoms in total. The smallest absolute Gasteiger partial charge is 0.263 e. The van der Waals surface area contributed by atoms with E-state index in [1.54, 1.807) is 4.90 Å². The minimum atomic E-state index is -0.720. The molecule has 158 valence electrons. The molecule has 2 aromatic carbocycles. The zero-order valence-corrected chi connectivity index (χ0v) is 18.1. The van der Waals surface area contributed by atoms with Crippen molar-refractivity contribution < 1.29 is 14.3 Å². The highest BCUT2D eigenvalue weighted by Crippen LogP contribution is 2.51. The minimum Gasteiger partial charge on any atom is -0.477 e. The molecule has 3 atom stereocenters. The standard InChI is InChI=1S/C24H27ClN2O3/c1-3-15(4-2)26-23(28)22-14-27(20-11-7-8-12-21(20)30-22)24(29)18-13-17(18)16-9-5-6-10-19(16)25/h5-12,15,17-18,22H,3-4,13-14H2,1-2H3,(H,26,28). The molecule has 4 rings (SSSR count). The second-order valence-corrected chi connectivity index (χ2v) is 8.42. The average molecular weight is 427 g/mol. The first kappa shape index (κ1) is 20.7. The number of halogens is 1. The van der Waals surface area contributed by atoms with E-state index >= 15 is 0 Å². The lowest BCUT2D eigenvalue weighted by atomic mass is 10.1. The predicted molar refractivity (Wildman–Crippen MR) is 118 cm³/mol. The van der Waals surface area contributed by atoms with Gasteiger partial charge in [0.15, 0.2) is 6.10 Å². The molecule has 0 radical (unpaired) electrons. The Morgan fingerprint density at radius 1 is 1.13 bits per heavy atom. The normalized spacial score (nSPS) is 22.3. The van der Waals surface area contributed by atoms with Crippen LogP contribution in [0.3, 0.4) is 0 Å². The van der Waals surface area contributed by atoms with Crippen molar-refractivity contribution in [2.24, 2.45) is 5.92 Å². The molecule has 6 heteroatoms. The van der Waals surface area contributed by atoms with Gasteiger partial charge < -0.3 is 15.0 Å². The number of hydrogen-bond acceptors (Lipinski definition) is 3. The average Bonchev–Trinajstić information content (AvgIpc) is 3.57. The Balaban J connectivity index is 1.54. The fourth-order valence-electron chi connectivity index (χ4n) is 4.15. The van der Waals surface area contributed by atoms with Crippen LogP contribution in [0.25, 0.3) is 0 Å². The molecule has 1 heterocycles. The second kappa shape index (κ2) is 8.68. The summed E-state index contributed by atoms with van der Waals surface area (Å²) >= 11 is 6.34. The maximum absolute atomic E-state index is 13.4. The molecule has 0 aromatic heterocycles. The number of amides is 2. The summed E-state index contributed by atoms with van der Waals surface area (Å²) in [7, 11) is 0. The SMILES string of the molecule is CCC(CC)NC(=O)C1CN(C(=O)C2CC2c2ccccc2Cl)c2ccccc2O1. The van der Waals surface area contributed by atoms with Crippen LogP contribution in [0.1, 0.15) is 44.6 Å². The van der Waals surface area contributed by atoms with E-state index in [1.807, 2.05) is 62.4 Å². The molecule has 1 saturated carbocycles. The number of hydrogen-bond donors (Lipinski definition) is 1. The van der Waals surface area contributed by atoms with E-state index in [0.29, 0.717) is 10.8 Å². The highest BCUT2D eigenvalue weighted by molar-refractivity contribution is 6.31. The molecule has 2 aromatic rings. The number of para-hydroxylation sites is 2. The molecule has 2 aliphatic rings. The van der Waals surface area contributed by atoms with Gasteiger partial charge in [0.2, 0.25) is 5.91 Å². The van der Waals surface area contributed by atoms with Crippen molar-refractivity contribution in [1.29, 1.82) is 0 Å². The van der Waals surface area contributed by atoms with Crippen molar-refractivity contribution >= 4 is 29.1 Å². The summed E-state index contributed by atoms with van der Waals surface area (Å²) in [6.45, 7) is 4.31. The van der Waals surface area contributed by atoms with Crippen molar-refractivity contribution in [2.45, 2.75) is 51.2 Å². The third-order valence-corrected chi connectivity index (χ3v) is 6.42. The number of carbonyl (C=O) groups is 2. The lowest BCUT2D eigenvalue weighted by Crippen LogP contribution is -2.52. The van der Waals surface area contributed by atoms with Gasteiger partial charge >= 0.3 is 0 Å². The summed E-state index contributed by atoms with van der Waals surface area (Å²) in [6, 6.07) is 15.2. The fourth-order valence-corrected chi connectivity index (χ4v) is 4.43. The summed E-state index contributed by atoms with van der Waals surface area (Å²) in [6.07, 6.45) is 1.76. The van der Waals surface area contributed by atoms with Gasteiger partial charge in [-0.1, -0.05) is 55.8 Å². The summed E-state index contributed by atoms with van der Waals surface area (Å²) in [5, 5.41) is 3.74. The molecule has 0 bridgehead atoms. The van der Waals surface area contributed by atoms with Crippen LogP contribution in [-0.4, -0.2) is 30.5 Å². The van der Waals surface area contributed by atoms with Gasteiger partial charge in [-0.3, -0.25) is 9.59 Å². The lowest BCUT2D eigenvalue weighted by Gasteiger charge is -2.35. The second-order valence-electron chi connectivity index (χ2n) is 8.02. The van der Waals surface area contributed by atoms with Gasteiger partial charge in [0.1, 0.15) is 5.75 Å². The molecule has 1 aliphatic heterocycles. The first-order valence-corrected chi connectivity index (χ1v) is 11.0. The van der Waals surface area contributed by atoms with E-state index in [1.165, 1.54) is 0 Å². The number of benzene rings is 2. The van der Waals surface area contributed by atoms with Gasteiger partial charge in [-0.2, -0.15) is 0 Å². The Hall–Kier alpha value is -2.53. The molecule has 2 amide bonds. The first-order valence-electron chi connectivity index (χ1n) is 10.6. The molecular formula is C24H27ClN2O3. The highest BCUT2D eigenvalue weighted by atomic mass is 35.5. The predicted octanol–water partition coefficient (Wildman–Crippen LogP) is 4.54. The van der Waals surface area contributed by atoms with Crippen LogP contribution in [0.2, 0.25) is 5.02 Å². The summed E-state index contributed by atoms with van der Waals surface area (Å²) in [4.78, 5) is 28.0. The Morgan fingerprint density at radius 3 is 2.57 bits per heavy atom. The van der Waals surface area contributed by atoms with Crippen LogP contribution >= 0.6 is 11.6 Å². The third kappa shape index (κ3) is 4.04. The van der Waals surface area contributed by atoms with E-state index < -0.39 is 6.10 Å². The molecule has 0 spiro atoms. The lowest BCUT2D eigenvalue weighted by molar-refractivity contribution is -0.129. The van der Waals surface area contributed by atoms with Crippen LogP contribution in [0.4, 0.5) is 5.69 Å². The molecule has 0 saturated heterocycles. The molecule has 1 aliphatic carbocycles. The number of anilines is 1. The van der Waals surface area contributed by atoms with Gasteiger partial charge in [0, 0.05) is 17.0 Å². The number of rotatable bonds is 6. The molecular weight excluding hydrogens is 400 g/mol. The number of nitrogens with one attached hydrogen (secondary N) is 1. The van der Waals surface area contributed by atoms with Gasteiger partial charge in [-0.25, -0.2) is 0 Å². The summed E-state index contributed by atoms with van der Waals surface area (Å²) < 4.78 is 5.97. The number of carbonyl (C=O) groups excluding carboxylic acids is 2. The molecule has 30 heavy (non-hydrogen) atoms. The van der Waals surface area contributed by atoms with Crippen LogP contribution in [0, 0.1) is 5.92 Å². The van der Waals surface area contributed by atoms with E-state index in [4.69, 9.17) is 16.3 Å². The number of fused-ring (bicyclic) bond motifs is 1. The van der Waals surface area contributed by atoms with Gasteiger partial charge in [-0.05, 0) is 48.9 Å². The van der Waals surface area contributed by atoms with Crippen molar-refractivity contribution in [3.8, 4) is 5.75 Å². The number of nitrogens with zero attached hydrogens (tertiary/aromatic N) is 1. The minimum absolute atomic E-state index is 0.0241. The van der Waals surface area contributed by atoms with Gasteiger partial charge in [-0.15, -0.1) is 0 Å². The van der Waals surface area contributed by atoms with Gasteiger partial charge in [0.05, 0.1) is 12.2 Å². The topological polar surface area (TPSA) is 58.6 Å². The van der Waals surface area contributed by atoms with E-state index in [9.17, 15) is 9.59 Å². The Labute approximate surface area is 182 Å². The van der Waals surface area contributed by atoms with Crippen LogP contribution in [0.15, 0.2) is 48.5 Å². The van der Waals surface area contributed by atoms with Gasteiger partial charge in [0.25, 0.3) is 5.91 Å². The Bertz CT molecular complexity index is 944.